The minimum absolute atomic E-state index is 0.239. The molecule has 26 heavy (non-hydrogen) atoms. The molecule has 1 aliphatic carbocycles. The van der Waals surface area contributed by atoms with Crippen molar-refractivity contribution in [2.75, 3.05) is 10.9 Å². The van der Waals surface area contributed by atoms with Crippen molar-refractivity contribution in [1.82, 2.24) is 20.2 Å². The smallest absolute Gasteiger partial charge is 0.293 e. The molecule has 2 atom stereocenters. The lowest BCUT2D eigenvalue weighted by atomic mass is 9.92. The van der Waals surface area contributed by atoms with Crippen LogP contribution in [-0.2, 0) is 20.8 Å². The number of hydrogen-bond acceptors (Lipinski definition) is 7. The molecule has 2 unspecified atom stereocenters. The molecule has 0 saturated heterocycles. The van der Waals surface area contributed by atoms with E-state index in [9.17, 15) is 13.6 Å². The zero-order valence-corrected chi connectivity index (χ0v) is 14.7. The number of carbonyl (C=O) groups is 1. The van der Waals surface area contributed by atoms with Gasteiger partial charge in [-0.25, -0.2) is 4.68 Å². The second-order valence-corrected chi connectivity index (χ2v) is 6.58. The van der Waals surface area contributed by atoms with Gasteiger partial charge in [-0.2, -0.15) is 0 Å². The largest absolute Gasteiger partial charge is 0.755 e. The van der Waals surface area contributed by atoms with Crippen LogP contribution in [0, 0.1) is 0 Å². The number of nitrogens with zero attached hydrogens (tertiary/aromatic N) is 5. The van der Waals surface area contributed by atoms with Crippen LogP contribution in [0.5, 0.6) is 0 Å². The fourth-order valence-corrected chi connectivity index (χ4v) is 3.83. The van der Waals surface area contributed by atoms with Crippen molar-refractivity contribution >= 4 is 23.4 Å². The molecule has 0 N–H and O–H groups in total. The van der Waals surface area contributed by atoms with Crippen LogP contribution in [0.15, 0.2) is 42.2 Å². The highest BCUT2D eigenvalue weighted by molar-refractivity contribution is 7.80. The van der Waals surface area contributed by atoms with Gasteiger partial charge in [-0.05, 0) is 59.5 Å². The van der Waals surface area contributed by atoms with Crippen molar-refractivity contribution in [3.05, 3.63) is 42.2 Å². The van der Waals surface area contributed by atoms with Crippen LogP contribution in [0.1, 0.15) is 25.7 Å². The summed E-state index contributed by atoms with van der Waals surface area (Å²) in [7, 11) is 0. The molecule has 0 amide bonds. The topological polar surface area (TPSA) is 113 Å². The van der Waals surface area contributed by atoms with Crippen LogP contribution >= 0.6 is 0 Å². The Kier molecular flexibility index (Phi) is 6.08. The highest BCUT2D eigenvalue weighted by Gasteiger charge is 2.26. The van der Waals surface area contributed by atoms with Gasteiger partial charge in [0.25, 0.3) is 6.47 Å². The van der Waals surface area contributed by atoms with Gasteiger partial charge in [-0.15, -0.1) is 5.10 Å². The average molecular weight is 376 g/mol. The lowest BCUT2D eigenvalue weighted by Gasteiger charge is -2.38. The maximum absolute atomic E-state index is 12.0. The van der Waals surface area contributed by atoms with Gasteiger partial charge >= 0.3 is 0 Å². The first-order valence-electron chi connectivity index (χ1n) is 8.17. The van der Waals surface area contributed by atoms with Crippen molar-refractivity contribution < 1.29 is 18.3 Å². The highest BCUT2D eigenvalue weighted by atomic mass is 32.2. The molecule has 0 aliphatic heterocycles. The van der Waals surface area contributed by atoms with Gasteiger partial charge < -0.3 is 9.29 Å². The maximum Gasteiger partial charge on any atom is 0.293 e. The summed E-state index contributed by atoms with van der Waals surface area (Å²) >= 11 is -2.44. The summed E-state index contributed by atoms with van der Waals surface area (Å²) in [6.07, 6.45) is 6.53. The summed E-state index contributed by atoms with van der Waals surface area (Å²) in [6.45, 7) is 0.642. The van der Waals surface area contributed by atoms with Crippen molar-refractivity contribution in [3.8, 4) is 5.69 Å². The highest BCUT2D eigenvalue weighted by Crippen LogP contribution is 2.31. The average Bonchev–Trinajstić information content (AvgIpc) is 3.18. The minimum atomic E-state index is -2.44. The summed E-state index contributed by atoms with van der Waals surface area (Å²) in [5, 5.41) is 11.0. The van der Waals surface area contributed by atoms with E-state index in [1.807, 2.05) is 6.08 Å². The Morgan fingerprint density at radius 1 is 1.38 bits per heavy atom. The first-order chi connectivity index (χ1) is 12.7. The van der Waals surface area contributed by atoms with E-state index in [1.165, 1.54) is 15.3 Å². The quantitative estimate of drug-likeness (QED) is 0.295. The number of carbonyl (C=O) groups excluding carboxylic acids is 1. The Morgan fingerprint density at radius 3 is 2.85 bits per heavy atom. The number of benzene rings is 1. The number of anilines is 1. The molecule has 1 aromatic heterocycles. The van der Waals surface area contributed by atoms with Crippen LogP contribution in [-0.4, -0.2) is 48.1 Å². The molecule has 3 rings (SSSR count). The minimum Gasteiger partial charge on any atom is -0.755 e. The summed E-state index contributed by atoms with van der Waals surface area (Å²) in [5.41, 5.74) is 2.25. The lowest BCUT2D eigenvalue weighted by molar-refractivity contribution is -0.128. The fraction of sp³-hybridized carbons (Fsp3) is 0.375. The van der Waals surface area contributed by atoms with Crippen LogP contribution in [0.2, 0.25) is 0 Å². The van der Waals surface area contributed by atoms with Gasteiger partial charge in [0, 0.05) is 23.4 Å². The van der Waals surface area contributed by atoms with E-state index in [0.717, 1.165) is 30.5 Å². The first kappa shape index (κ1) is 18.2. The molecule has 1 aliphatic rings. The first-order valence-corrected chi connectivity index (χ1v) is 9.20. The molecule has 2 aromatic rings. The zero-order chi connectivity index (χ0) is 18.4. The third kappa shape index (κ3) is 4.14. The standard InChI is InChI=1S/C16H19N5O4S/c22-12-25-10-9-13-3-1-2-4-16(13)21(26(23)24)15-7-5-14(6-8-15)20-11-17-18-19-20/h3,5-8,11-12,16H,1-2,4,9-10H2,(H,23,24)/p-1. The number of allylic oxidation sites excluding steroid dienone is 1. The van der Waals surface area contributed by atoms with E-state index >= 15 is 0 Å². The summed E-state index contributed by atoms with van der Waals surface area (Å²) in [4.78, 5) is 10.4. The number of aromatic nitrogens is 4. The van der Waals surface area contributed by atoms with E-state index in [0.29, 0.717) is 18.6 Å². The van der Waals surface area contributed by atoms with Gasteiger partial charge in [-0.1, -0.05) is 6.08 Å². The molecule has 0 radical (unpaired) electrons. The van der Waals surface area contributed by atoms with Crippen LogP contribution in [0.3, 0.4) is 0 Å². The molecular formula is C16H18N5O4S-. The van der Waals surface area contributed by atoms with E-state index in [-0.39, 0.29) is 12.6 Å². The van der Waals surface area contributed by atoms with E-state index in [1.54, 1.807) is 24.3 Å². The molecule has 0 fully saturated rings. The number of rotatable bonds is 8. The van der Waals surface area contributed by atoms with Gasteiger partial charge in [0.05, 0.1) is 18.3 Å². The van der Waals surface area contributed by atoms with Crippen LogP contribution in [0.4, 0.5) is 5.69 Å². The van der Waals surface area contributed by atoms with Crippen molar-refractivity contribution in [2.24, 2.45) is 0 Å². The molecule has 10 heteroatoms. The third-order valence-corrected chi connectivity index (χ3v) is 5.04. The monoisotopic (exact) mass is 376 g/mol. The van der Waals surface area contributed by atoms with Gasteiger partial charge in [0.15, 0.2) is 0 Å². The summed E-state index contributed by atoms with van der Waals surface area (Å²) < 4.78 is 31.6. The van der Waals surface area contributed by atoms with Crippen LogP contribution in [0.25, 0.3) is 5.69 Å². The predicted molar refractivity (Wildman–Crippen MR) is 92.9 cm³/mol. The summed E-state index contributed by atoms with van der Waals surface area (Å²) in [6, 6.07) is 6.68. The second kappa shape index (κ2) is 8.68. The molecular weight excluding hydrogens is 358 g/mol. The molecule has 1 aromatic carbocycles. The summed E-state index contributed by atoms with van der Waals surface area (Å²) in [5.74, 6) is 0. The Labute approximate surface area is 153 Å². The zero-order valence-electron chi connectivity index (χ0n) is 13.9. The molecule has 1 heterocycles. The molecule has 0 bridgehead atoms. The molecule has 9 nitrogen and oxygen atoms in total. The maximum atomic E-state index is 12.0. The second-order valence-electron chi connectivity index (χ2n) is 5.76. The lowest BCUT2D eigenvalue weighted by Crippen LogP contribution is -2.39. The van der Waals surface area contributed by atoms with Gasteiger partial charge in [-0.3, -0.25) is 13.3 Å². The van der Waals surface area contributed by atoms with E-state index in [4.69, 9.17) is 4.74 Å². The van der Waals surface area contributed by atoms with Crippen molar-refractivity contribution in [2.45, 2.75) is 31.7 Å². The number of tetrazole rings is 1. The van der Waals surface area contributed by atoms with Crippen molar-refractivity contribution in [3.63, 3.8) is 0 Å². The predicted octanol–water partition coefficient (Wildman–Crippen LogP) is 1.30. The Balaban J connectivity index is 1.83. The van der Waals surface area contributed by atoms with Gasteiger partial charge in [0.2, 0.25) is 0 Å². The fourth-order valence-electron chi connectivity index (χ4n) is 3.08. The normalized spacial score (nSPS) is 18.0. The third-order valence-electron chi connectivity index (χ3n) is 4.25. The van der Waals surface area contributed by atoms with Crippen molar-refractivity contribution in [1.29, 1.82) is 0 Å². The number of hydrogen-bond donors (Lipinski definition) is 0. The van der Waals surface area contributed by atoms with Gasteiger partial charge in [0.1, 0.15) is 6.33 Å². The Bertz CT molecular complexity index is 778. The molecule has 0 saturated carbocycles. The Morgan fingerprint density at radius 2 is 2.19 bits per heavy atom. The number of ether oxygens (including phenoxy) is 1. The van der Waals surface area contributed by atoms with E-state index in [2.05, 4.69) is 15.5 Å². The SMILES string of the molecule is O=COCCC1=CCCCC1N(c1ccc(-n2cnnn2)cc1)S(=O)[O-]. The molecule has 138 valence electrons. The van der Waals surface area contributed by atoms with E-state index < -0.39 is 11.3 Å². The van der Waals surface area contributed by atoms with Crippen LogP contribution < -0.4 is 4.31 Å². The molecule has 0 spiro atoms. The Hall–Kier alpha value is -2.59.